The molecular weight excluding hydrogens is 340 g/mol. The Balaban J connectivity index is 2.20. The van der Waals surface area contributed by atoms with Crippen molar-refractivity contribution in [2.75, 3.05) is 23.7 Å². The normalized spacial score (nSPS) is 13.6. The molecule has 0 bridgehead atoms. The van der Waals surface area contributed by atoms with Crippen LogP contribution in [-0.2, 0) is 4.79 Å². The molecule has 132 valence electrons. The molecule has 2 rings (SSSR count). The van der Waals surface area contributed by atoms with Crippen molar-refractivity contribution in [2.45, 2.75) is 53.4 Å². The predicted molar refractivity (Wildman–Crippen MR) is 104 cm³/mol. The van der Waals surface area contributed by atoms with Crippen LogP contribution >= 0.6 is 22.7 Å². The maximum absolute atomic E-state index is 13.0. The van der Waals surface area contributed by atoms with Gasteiger partial charge in [0.1, 0.15) is 5.78 Å². The van der Waals surface area contributed by atoms with Gasteiger partial charge in [0.15, 0.2) is 10.3 Å². The molecule has 0 aromatic carbocycles. The zero-order valence-corrected chi connectivity index (χ0v) is 16.8. The lowest BCUT2D eigenvalue weighted by Crippen LogP contribution is -2.16. The van der Waals surface area contributed by atoms with Gasteiger partial charge < -0.3 is 10.6 Å². The number of nitrogens with one attached hydrogen (secondary N) is 2. The Morgan fingerprint density at radius 2 is 1.29 bits per heavy atom. The summed E-state index contributed by atoms with van der Waals surface area (Å²) in [7, 11) is 0. The van der Waals surface area contributed by atoms with E-state index in [9.17, 15) is 4.79 Å². The van der Waals surface area contributed by atoms with E-state index in [0.717, 1.165) is 44.5 Å². The highest BCUT2D eigenvalue weighted by Gasteiger charge is 2.28. The Morgan fingerprint density at radius 3 is 1.62 bits per heavy atom. The summed E-state index contributed by atoms with van der Waals surface area (Å²) in [5.74, 6) is -0.0948. The third-order valence-corrected chi connectivity index (χ3v) is 6.56. The van der Waals surface area contributed by atoms with Crippen LogP contribution in [0.25, 0.3) is 0 Å². The molecular formula is C17H26N4OS2. The highest BCUT2D eigenvalue weighted by molar-refractivity contribution is 7.16. The molecule has 5 nitrogen and oxygen atoms in total. The Morgan fingerprint density at radius 1 is 0.917 bits per heavy atom. The van der Waals surface area contributed by atoms with Crippen LogP contribution in [0.3, 0.4) is 0 Å². The predicted octanol–water partition coefficient (Wildman–Crippen LogP) is 4.56. The maximum atomic E-state index is 13.0. The maximum Gasteiger partial charge on any atom is 0.183 e. The number of nitrogens with zero attached hydrogens (tertiary/aromatic N) is 2. The second kappa shape index (κ2) is 8.07. The molecule has 2 unspecified atom stereocenters. The monoisotopic (exact) mass is 366 g/mol. The molecule has 0 radical (unpaired) electrons. The number of thiazole rings is 2. The zero-order valence-electron chi connectivity index (χ0n) is 15.2. The number of ketones is 1. The molecule has 2 N–H and O–H groups in total. The van der Waals surface area contributed by atoms with Gasteiger partial charge in [-0.25, -0.2) is 9.97 Å². The molecule has 2 aromatic rings. The first-order valence-corrected chi connectivity index (χ1v) is 9.98. The summed E-state index contributed by atoms with van der Waals surface area (Å²) < 4.78 is 0. The molecule has 0 saturated heterocycles. The standard InChI is InChI=1S/C17H26N4OS2/c1-7-18-16-20-11(5)14(23-16)9(3)13(22)10(4)15-12(6)21-17(24-15)19-8-2/h9-10H,7-8H2,1-6H3,(H,18,20)(H,19,21). The van der Waals surface area contributed by atoms with Gasteiger partial charge in [0.25, 0.3) is 0 Å². The molecule has 2 atom stereocenters. The van der Waals surface area contributed by atoms with E-state index in [1.165, 1.54) is 0 Å². The molecule has 24 heavy (non-hydrogen) atoms. The lowest BCUT2D eigenvalue weighted by Gasteiger charge is -2.15. The fourth-order valence-electron chi connectivity index (χ4n) is 2.71. The summed E-state index contributed by atoms with van der Waals surface area (Å²) in [5, 5.41) is 8.24. The fourth-order valence-corrected chi connectivity index (χ4v) is 4.89. The van der Waals surface area contributed by atoms with Crippen molar-refractivity contribution in [1.29, 1.82) is 0 Å². The molecule has 0 aliphatic rings. The van der Waals surface area contributed by atoms with Gasteiger partial charge in [0.2, 0.25) is 0 Å². The second-order valence-corrected chi connectivity index (χ2v) is 7.91. The van der Waals surface area contributed by atoms with Gasteiger partial charge in [-0.15, -0.1) is 22.7 Å². The van der Waals surface area contributed by atoms with Gasteiger partial charge in [-0.05, 0) is 27.7 Å². The third kappa shape index (κ3) is 3.95. The molecule has 0 spiro atoms. The van der Waals surface area contributed by atoms with Crippen LogP contribution in [0.15, 0.2) is 0 Å². The number of carbonyl (C=O) groups excluding carboxylic acids is 1. The summed E-state index contributed by atoms with van der Waals surface area (Å²) in [6, 6.07) is 0. The highest BCUT2D eigenvalue weighted by Crippen LogP contribution is 2.36. The van der Waals surface area contributed by atoms with Crippen molar-refractivity contribution in [2.24, 2.45) is 0 Å². The first-order valence-electron chi connectivity index (χ1n) is 8.35. The van der Waals surface area contributed by atoms with E-state index in [1.54, 1.807) is 22.7 Å². The van der Waals surface area contributed by atoms with Gasteiger partial charge in [-0.2, -0.15) is 0 Å². The van der Waals surface area contributed by atoms with Crippen LogP contribution in [0.1, 0.15) is 60.7 Å². The highest BCUT2D eigenvalue weighted by atomic mass is 32.1. The van der Waals surface area contributed by atoms with Crippen LogP contribution in [-0.4, -0.2) is 28.8 Å². The Bertz CT molecular complexity index is 649. The van der Waals surface area contributed by atoms with Gasteiger partial charge in [0.05, 0.1) is 23.2 Å². The molecule has 2 aromatic heterocycles. The zero-order chi connectivity index (χ0) is 17.9. The van der Waals surface area contributed by atoms with Crippen molar-refractivity contribution >= 4 is 38.7 Å². The molecule has 0 aliphatic heterocycles. The Hall–Kier alpha value is -1.47. The van der Waals surface area contributed by atoms with Gasteiger partial charge in [-0.3, -0.25) is 4.79 Å². The first kappa shape index (κ1) is 18.9. The molecule has 0 aliphatic carbocycles. The number of carbonyl (C=O) groups is 1. The van der Waals surface area contributed by atoms with E-state index >= 15 is 0 Å². The molecule has 7 heteroatoms. The van der Waals surface area contributed by atoms with Crippen molar-refractivity contribution in [3.05, 3.63) is 21.1 Å². The lowest BCUT2D eigenvalue weighted by molar-refractivity contribution is -0.121. The number of hydrogen-bond donors (Lipinski definition) is 2. The summed E-state index contributed by atoms with van der Waals surface area (Å²) >= 11 is 3.17. The largest absolute Gasteiger partial charge is 0.362 e. The molecule has 0 amide bonds. The van der Waals surface area contributed by atoms with Crippen LogP contribution in [0.5, 0.6) is 0 Å². The minimum atomic E-state index is -0.158. The second-order valence-electron chi connectivity index (χ2n) is 5.84. The smallest absolute Gasteiger partial charge is 0.183 e. The van der Waals surface area contributed by atoms with Gasteiger partial charge >= 0.3 is 0 Å². The molecule has 0 fully saturated rings. The number of aryl methyl sites for hydroxylation is 2. The first-order chi connectivity index (χ1) is 11.4. The van der Waals surface area contributed by atoms with E-state index in [4.69, 9.17) is 0 Å². The average Bonchev–Trinajstić information content (AvgIpc) is 3.08. The topological polar surface area (TPSA) is 66.9 Å². The van der Waals surface area contributed by atoms with E-state index in [1.807, 2.05) is 41.5 Å². The van der Waals surface area contributed by atoms with E-state index in [2.05, 4.69) is 20.6 Å². The Kier molecular flexibility index (Phi) is 6.34. The van der Waals surface area contributed by atoms with E-state index < -0.39 is 0 Å². The summed E-state index contributed by atoms with van der Waals surface area (Å²) in [4.78, 5) is 24.1. The van der Waals surface area contributed by atoms with Crippen LogP contribution in [0.4, 0.5) is 10.3 Å². The SMILES string of the molecule is CCNc1nc(C)c(C(C)C(=O)C(C)c2sc(NCC)nc2C)s1. The number of anilines is 2. The quantitative estimate of drug-likeness (QED) is 0.717. The van der Waals surface area contributed by atoms with Crippen molar-refractivity contribution in [3.63, 3.8) is 0 Å². The van der Waals surface area contributed by atoms with Gasteiger partial charge in [-0.1, -0.05) is 13.8 Å². The molecule has 0 saturated carbocycles. The summed E-state index contributed by atoms with van der Waals surface area (Å²) in [5.41, 5.74) is 1.89. The van der Waals surface area contributed by atoms with Crippen molar-refractivity contribution < 1.29 is 4.79 Å². The van der Waals surface area contributed by atoms with E-state index in [-0.39, 0.29) is 17.6 Å². The van der Waals surface area contributed by atoms with Crippen LogP contribution in [0, 0.1) is 13.8 Å². The number of hydrogen-bond acceptors (Lipinski definition) is 7. The summed E-state index contributed by atoms with van der Waals surface area (Å²) in [6.07, 6.45) is 0. The van der Waals surface area contributed by atoms with Crippen molar-refractivity contribution in [3.8, 4) is 0 Å². The number of Topliss-reactive ketones (excluding diaryl/α,β-unsaturated/α-hetero) is 1. The lowest BCUT2D eigenvalue weighted by atomic mass is 9.92. The molecule has 2 heterocycles. The van der Waals surface area contributed by atoms with Gasteiger partial charge in [0, 0.05) is 22.8 Å². The Labute approximate surface area is 151 Å². The minimum absolute atomic E-state index is 0.158. The van der Waals surface area contributed by atoms with Crippen molar-refractivity contribution in [1.82, 2.24) is 9.97 Å². The average molecular weight is 367 g/mol. The number of aromatic nitrogens is 2. The van der Waals surface area contributed by atoms with Crippen LogP contribution in [0.2, 0.25) is 0 Å². The summed E-state index contributed by atoms with van der Waals surface area (Å²) in [6.45, 7) is 13.7. The van der Waals surface area contributed by atoms with E-state index in [0.29, 0.717) is 0 Å². The number of rotatable bonds is 8. The van der Waals surface area contributed by atoms with Crippen LogP contribution < -0.4 is 10.6 Å². The minimum Gasteiger partial charge on any atom is -0.362 e. The fraction of sp³-hybridized carbons (Fsp3) is 0.588. The third-order valence-electron chi connectivity index (χ3n) is 3.96.